The third-order valence-electron chi connectivity index (χ3n) is 1.33. The average Bonchev–Trinajstić information content (AvgIpc) is 1.73. The molecular formula is C5H11NO4S. The molecule has 1 aliphatic heterocycles. The van der Waals surface area contributed by atoms with Crippen molar-refractivity contribution in [2.24, 2.45) is 5.14 Å². The molecule has 11 heavy (non-hydrogen) atoms. The van der Waals surface area contributed by atoms with E-state index in [1.165, 1.54) is 0 Å². The Kier molecular flexibility index (Phi) is 2.83. The van der Waals surface area contributed by atoms with Crippen molar-refractivity contribution in [2.45, 2.75) is 6.10 Å². The SMILES string of the molecule is NS(=O)(=O)CCOC1COC1. The lowest BCUT2D eigenvalue weighted by atomic mass is 10.3. The Labute approximate surface area is 65.5 Å². The highest BCUT2D eigenvalue weighted by Gasteiger charge is 2.18. The van der Waals surface area contributed by atoms with Gasteiger partial charge in [0.2, 0.25) is 10.0 Å². The molecule has 0 radical (unpaired) electrons. The molecule has 0 aromatic rings. The smallest absolute Gasteiger partial charge is 0.211 e. The molecule has 1 heterocycles. The van der Waals surface area contributed by atoms with Crippen molar-refractivity contribution in [2.75, 3.05) is 25.6 Å². The molecule has 0 bridgehead atoms. The van der Waals surface area contributed by atoms with Crippen molar-refractivity contribution < 1.29 is 17.9 Å². The van der Waals surface area contributed by atoms with Crippen LogP contribution in [0.25, 0.3) is 0 Å². The van der Waals surface area contributed by atoms with Gasteiger partial charge in [0.1, 0.15) is 6.10 Å². The van der Waals surface area contributed by atoms with Gasteiger partial charge in [-0.1, -0.05) is 0 Å². The zero-order chi connectivity index (χ0) is 8.32. The lowest BCUT2D eigenvalue weighted by molar-refractivity contribution is -0.126. The van der Waals surface area contributed by atoms with Gasteiger partial charge in [0.25, 0.3) is 0 Å². The summed E-state index contributed by atoms with van der Waals surface area (Å²) in [5.74, 6) is -0.122. The lowest BCUT2D eigenvalue weighted by Gasteiger charge is -2.25. The van der Waals surface area contributed by atoms with Crippen LogP contribution in [0.2, 0.25) is 0 Å². The monoisotopic (exact) mass is 181 g/mol. The fourth-order valence-corrected chi connectivity index (χ4v) is 0.970. The van der Waals surface area contributed by atoms with E-state index in [-0.39, 0.29) is 18.5 Å². The maximum atomic E-state index is 10.4. The number of hydrogen-bond donors (Lipinski definition) is 1. The summed E-state index contributed by atoms with van der Waals surface area (Å²) in [5.41, 5.74) is 0. The van der Waals surface area contributed by atoms with Crippen molar-refractivity contribution in [3.63, 3.8) is 0 Å². The van der Waals surface area contributed by atoms with Gasteiger partial charge in [0.15, 0.2) is 0 Å². The van der Waals surface area contributed by atoms with Crippen molar-refractivity contribution in [1.29, 1.82) is 0 Å². The molecule has 6 heteroatoms. The minimum Gasteiger partial charge on any atom is -0.376 e. The maximum Gasteiger partial charge on any atom is 0.211 e. The van der Waals surface area contributed by atoms with Gasteiger partial charge in [-0.15, -0.1) is 0 Å². The third kappa shape index (κ3) is 3.66. The molecule has 0 aliphatic carbocycles. The Hall–Kier alpha value is -0.170. The molecule has 0 spiro atoms. The highest BCUT2D eigenvalue weighted by molar-refractivity contribution is 7.89. The maximum absolute atomic E-state index is 10.4. The topological polar surface area (TPSA) is 78.6 Å². The van der Waals surface area contributed by atoms with Gasteiger partial charge in [0.05, 0.1) is 25.6 Å². The van der Waals surface area contributed by atoms with Gasteiger partial charge in [-0.25, -0.2) is 13.6 Å². The highest BCUT2D eigenvalue weighted by atomic mass is 32.2. The van der Waals surface area contributed by atoms with E-state index in [0.717, 1.165) is 0 Å². The number of nitrogens with two attached hydrogens (primary N) is 1. The summed E-state index contributed by atoms with van der Waals surface area (Å²) in [4.78, 5) is 0. The van der Waals surface area contributed by atoms with Crippen LogP contribution in [-0.2, 0) is 19.5 Å². The largest absolute Gasteiger partial charge is 0.376 e. The predicted molar refractivity (Wildman–Crippen MR) is 38.5 cm³/mol. The summed E-state index contributed by atoms with van der Waals surface area (Å²) in [5, 5.41) is 4.74. The second kappa shape index (κ2) is 3.48. The summed E-state index contributed by atoms with van der Waals surface area (Å²) in [6.45, 7) is 1.28. The van der Waals surface area contributed by atoms with Crippen LogP contribution in [-0.4, -0.2) is 40.1 Å². The van der Waals surface area contributed by atoms with Gasteiger partial charge in [-0.3, -0.25) is 0 Å². The summed E-state index contributed by atoms with van der Waals surface area (Å²) in [6, 6.07) is 0. The second-order valence-electron chi connectivity index (χ2n) is 2.40. The molecule has 0 saturated carbocycles. The van der Waals surface area contributed by atoms with E-state index in [1.807, 2.05) is 0 Å². The Balaban J connectivity index is 2.04. The van der Waals surface area contributed by atoms with Gasteiger partial charge in [0, 0.05) is 0 Å². The van der Waals surface area contributed by atoms with Crippen LogP contribution in [0.3, 0.4) is 0 Å². The summed E-state index contributed by atoms with van der Waals surface area (Å²) < 4.78 is 30.7. The molecule has 0 aromatic heterocycles. The predicted octanol–water partition coefficient (Wildman–Crippen LogP) is -1.31. The van der Waals surface area contributed by atoms with Crippen LogP contribution in [0.5, 0.6) is 0 Å². The van der Waals surface area contributed by atoms with Gasteiger partial charge in [-0.2, -0.15) is 0 Å². The van der Waals surface area contributed by atoms with Crippen LogP contribution in [0.4, 0.5) is 0 Å². The fourth-order valence-electron chi connectivity index (χ4n) is 0.641. The lowest BCUT2D eigenvalue weighted by Crippen LogP contribution is -2.37. The Bertz CT molecular complexity index is 209. The van der Waals surface area contributed by atoms with Gasteiger partial charge < -0.3 is 9.47 Å². The van der Waals surface area contributed by atoms with E-state index >= 15 is 0 Å². The molecular weight excluding hydrogens is 170 g/mol. The summed E-state index contributed by atoms with van der Waals surface area (Å²) >= 11 is 0. The van der Waals surface area contributed by atoms with Crippen molar-refractivity contribution >= 4 is 10.0 Å². The normalized spacial score (nSPS) is 19.7. The molecule has 5 nitrogen and oxygen atoms in total. The first-order chi connectivity index (χ1) is 5.08. The fraction of sp³-hybridized carbons (Fsp3) is 1.00. The minimum atomic E-state index is -3.37. The molecule has 1 aliphatic rings. The van der Waals surface area contributed by atoms with Crippen LogP contribution in [0, 0.1) is 0 Å². The van der Waals surface area contributed by atoms with E-state index in [2.05, 4.69) is 0 Å². The zero-order valence-electron chi connectivity index (χ0n) is 6.02. The highest BCUT2D eigenvalue weighted by Crippen LogP contribution is 2.04. The Morgan fingerprint density at radius 3 is 2.55 bits per heavy atom. The summed E-state index contributed by atoms with van der Waals surface area (Å²) in [6.07, 6.45) is 0.0664. The Morgan fingerprint density at radius 2 is 2.18 bits per heavy atom. The first kappa shape index (κ1) is 8.92. The molecule has 0 atom stereocenters. The quantitative estimate of drug-likeness (QED) is 0.584. The molecule has 1 rings (SSSR count). The molecule has 1 fully saturated rings. The van der Waals surface area contributed by atoms with E-state index in [9.17, 15) is 8.42 Å². The summed E-state index contributed by atoms with van der Waals surface area (Å²) in [7, 11) is -3.37. The third-order valence-corrected chi connectivity index (χ3v) is 2.06. The molecule has 0 aromatic carbocycles. The molecule has 2 N–H and O–H groups in total. The second-order valence-corrected chi connectivity index (χ2v) is 4.13. The molecule has 1 saturated heterocycles. The molecule has 0 amide bonds. The number of primary sulfonamides is 1. The minimum absolute atomic E-state index is 0.0664. The number of rotatable bonds is 4. The first-order valence-electron chi connectivity index (χ1n) is 3.28. The van der Waals surface area contributed by atoms with E-state index in [0.29, 0.717) is 13.2 Å². The first-order valence-corrected chi connectivity index (χ1v) is 4.99. The van der Waals surface area contributed by atoms with Crippen LogP contribution < -0.4 is 5.14 Å². The van der Waals surface area contributed by atoms with Gasteiger partial charge in [-0.05, 0) is 0 Å². The van der Waals surface area contributed by atoms with E-state index in [4.69, 9.17) is 14.6 Å². The van der Waals surface area contributed by atoms with Crippen LogP contribution in [0.15, 0.2) is 0 Å². The number of hydrogen-bond acceptors (Lipinski definition) is 4. The standard InChI is InChI=1S/C5H11NO4S/c6-11(7,8)2-1-10-5-3-9-4-5/h5H,1-4H2,(H2,6,7,8). The van der Waals surface area contributed by atoms with Crippen LogP contribution in [0.1, 0.15) is 0 Å². The van der Waals surface area contributed by atoms with E-state index in [1.54, 1.807) is 0 Å². The van der Waals surface area contributed by atoms with Crippen molar-refractivity contribution in [3.8, 4) is 0 Å². The van der Waals surface area contributed by atoms with Crippen molar-refractivity contribution in [3.05, 3.63) is 0 Å². The Morgan fingerprint density at radius 1 is 1.55 bits per heavy atom. The number of ether oxygens (including phenoxy) is 2. The molecule has 66 valence electrons. The molecule has 0 unspecified atom stereocenters. The van der Waals surface area contributed by atoms with E-state index < -0.39 is 10.0 Å². The average molecular weight is 181 g/mol. The van der Waals surface area contributed by atoms with Gasteiger partial charge >= 0.3 is 0 Å². The van der Waals surface area contributed by atoms with Crippen LogP contribution >= 0.6 is 0 Å². The zero-order valence-corrected chi connectivity index (χ0v) is 6.84. The van der Waals surface area contributed by atoms with Crippen molar-refractivity contribution in [1.82, 2.24) is 0 Å². The number of sulfonamides is 1.